The Bertz CT molecular complexity index is 586. The number of rotatable bonds is 6. The third kappa shape index (κ3) is 4.13. The van der Waals surface area contributed by atoms with Crippen LogP contribution in [0.4, 0.5) is 4.39 Å². The first-order valence-electron chi connectivity index (χ1n) is 6.85. The molecule has 0 aromatic heterocycles. The fourth-order valence-electron chi connectivity index (χ4n) is 2.33. The van der Waals surface area contributed by atoms with Gasteiger partial charge in [0.25, 0.3) is 0 Å². The van der Waals surface area contributed by atoms with E-state index >= 15 is 0 Å². The third-order valence-corrected chi connectivity index (χ3v) is 3.96. The Kier molecular flexibility index (Phi) is 5.91. The third-order valence-electron chi connectivity index (χ3n) is 3.47. The summed E-state index contributed by atoms with van der Waals surface area (Å²) >= 11 is 3.40. The first-order chi connectivity index (χ1) is 10.2. The number of nitrogens with one attached hydrogen (secondary N) is 1. The van der Waals surface area contributed by atoms with Crippen LogP contribution in [-0.4, -0.2) is 20.8 Å². The fraction of sp³-hybridized carbons (Fsp3) is 0.294. The summed E-state index contributed by atoms with van der Waals surface area (Å²) in [6.45, 7) is 0.703. The molecule has 1 N–H and O–H groups in total. The second kappa shape index (κ2) is 7.69. The molecule has 0 bridgehead atoms. The molecule has 0 amide bonds. The minimum absolute atomic E-state index is 0.168. The van der Waals surface area contributed by atoms with Gasteiger partial charge in [-0.15, -0.1) is 0 Å². The minimum atomic E-state index is -0.207. The van der Waals surface area contributed by atoms with Crippen molar-refractivity contribution in [3.8, 4) is 0 Å². The molecule has 21 heavy (non-hydrogen) atoms. The second-order valence-corrected chi connectivity index (χ2v) is 5.79. The number of ether oxygens (including phenoxy) is 1. The lowest BCUT2D eigenvalue weighted by molar-refractivity contribution is 0.202. The van der Waals surface area contributed by atoms with Gasteiger partial charge in [0.2, 0.25) is 0 Å². The topological polar surface area (TPSA) is 21.3 Å². The Morgan fingerprint density at radius 2 is 1.90 bits per heavy atom. The van der Waals surface area contributed by atoms with Crippen LogP contribution in [0.3, 0.4) is 0 Å². The lowest BCUT2D eigenvalue weighted by atomic mass is 9.97. The zero-order valence-electron chi connectivity index (χ0n) is 12.2. The van der Waals surface area contributed by atoms with Crippen molar-refractivity contribution < 1.29 is 9.13 Å². The van der Waals surface area contributed by atoms with Crippen molar-refractivity contribution in [2.24, 2.45) is 0 Å². The Labute approximate surface area is 133 Å². The molecule has 1 atom stereocenters. The van der Waals surface area contributed by atoms with Crippen LogP contribution in [0.5, 0.6) is 0 Å². The highest BCUT2D eigenvalue weighted by Gasteiger charge is 2.16. The van der Waals surface area contributed by atoms with Crippen molar-refractivity contribution in [3.05, 3.63) is 69.4 Å². The summed E-state index contributed by atoms with van der Waals surface area (Å²) in [6, 6.07) is 13.0. The van der Waals surface area contributed by atoms with Gasteiger partial charge < -0.3 is 10.1 Å². The average Bonchev–Trinajstić information content (AvgIpc) is 2.50. The van der Waals surface area contributed by atoms with Crippen LogP contribution in [0, 0.1) is 5.82 Å². The number of halogens is 2. The summed E-state index contributed by atoms with van der Waals surface area (Å²) < 4.78 is 20.0. The second-order valence-electron chi connectivity index (χ2n) is 4.87. The van der Waals surface area contributed by atoms with Crippen LogP contribution >= 0.6 is 15.9 Å². The van der Waals surface area contributed by atoms with Gasteiger partial charge in [0, 0.05) is 17.1 Å². The lowest BCUT2D eigenvalue weighted by Gasteiger charge is -2.18. The fourth-order valence-corrected chi connectivity index (χ4v) is 2.71. The predicted molar refractivity (Wildman–Crippen MR) is 87.0 cm³/mol. The number of hydrogen-bond acceptors (Lipinski definition) is 2. The van der Waals surface area contributed by atoms with Crippen LogP contribution in [-0.2, 0) is 11.2 Å². The quantitative estimate of drug-likeness (QED) is 0.846. The van der Waals surface area contributed by atoms with Gasteiger partial charge in [0.05, 0.1) is 12.6 Å². The summed E-state index contributed by atoms with van der Waals surface area (Å²) in [5, 5.41) is 3.18. The molecule has 112 valence electrons. The molecule has 0 heterocycles. The maximum absolute atomic E-state index is 14.1. The molecule has 2 aromatic rings. The van der Waals surface area contributed by atoms with Gasteiger partial charge in [-0.3, -0.25) is 0 Å². The van der Waals surface area contributed by atoms with E-state index in [9.17, 15) is 4.39 Å². The van der Waals surface area contributed by atoms with E-state index in [4.69, 9.17) is 4.74 Å². The molecule has 0 fully saturated rings. The maximum atomic E-state index is 14.1. The predicted octanol–water partition coefficient (Wildman–Crippen LogP) is 4.09. The van der Waals surface area contributed by atoms with Crippen molar-refractivity contribution in [2.75, 3.05) is 20.8 Å². The van der Waals surface area contributed by atoms with E-state index in [0.29, 0.717) is 12.2 Å². The first-order valence-corrected chi connectivity index (χ1v) is 7.65. The summed E-state index contributed by atoms with van der Waals surface area (Å²) in [5.41, 5.74) is 2.89. The Morgan fingerprint density at radius 3 is 2.52 bits per heavy atom. The maximum Gasteiger partial charge on any atom is 0.128 e. The molecule has 0 aliphatic heterocycles. The Morgan fingerprint density at radius 1 is 1.19 bits per heavy atom. The van der Waals surface area contributed by atoms with E-state index in [2.05, 4.69) is 33.4 Å². The monoisotopic (exact) mass is 351 g/mol. The molecule has 1 unspecified atom stereocenters. The molecule has 2 aromatic carbocycles. The van der Waals surface area contributed by atoms with Crippen molar-refractivity contribution in [1.82, 2.24) is 5.32 Å². The van der Waals surface area contributed by atoms with Crippen molar-refractivity contribution >= 4 is 15.9 Å². The molecule has 0 aliphatic carbocycles. The van der Waals surface area contributed by atoms with Crippen LogP contribution in [0.1, 0.15) is 22.7 Å². The van der Waals surface area contributed by atoms with Gasteiger partial charge >= 0.3 is 0 Å². The Balaban J connectivity index is 2.26. The molecule has 0 saturated heterocycles. The van der Waals surface area contributed by atoms with Gasteiger partial charge in [-0.05, 0) is 42.8 Å². The van der Waals surface area contributed by atoms with E-state index in [-0.39, 0.29) is 11.9 Å². The van der Waals surface area contributed by atoms with Gasteiger partial charge in [-0.25, -0.2) is 4.39 Å². The van der Waals surface area contributed by atoms with Gasteiger partial charge in [-0.1, -0.05) is 40.2 Å². The van der Waals surface area contributed by atoms with E-state index in [1.165, 1.54) is 11.6 Å². The van der Waals surface area contributed by atoms with Crippen LogP contribution < -0.4 is 5.32 Å². The van der Waals surface area contributed by atoms with Gasteiger partial charge in [0.1, 0.15) is 5.82 Å². The minimum Gasteiger partial charge on any atom is -0.384 e. The van der Waals surface area contributed by atoms with Crippen LogP contribution in [0.2, 0.25) is 0 Å². The van der Waals surface area contributed by atoms with Crippen molar-refractivity contribution in [1.29, 1.82) is 0 Å². The van der Waals surface area contributed by atoms with Crippen molar-refractivity contribution in [3.63, 3.8) is 0 Å². The normalized spacial score (nSPS) is 12.4. The zero-order valence-corrected chi connectivity index (χ0v) is 13.8. The van der Waals surface area contributed by atoms with Gasteiger partial charge in [-0.2, -0.15) is 0 Å². The highest BCUT2D eigenvalue weighted by atomic mass is 79.9. The molecule has 4 heteroatoms. The van der Waals surface area contributed by atoms with Crippen LogP contribution in [0.15, 0.2) is 46.9 Å². The Hall–Kier alpha value is -1.23. The summed E-state index contributed by atoms with van der Waals surface area (Å²) in [4.78, 5) is 0. The summed E-state index contributed by atoms with van der Waals surface area (Å²) in [7, 11) is 3.53. The number of methoxy groups -OCH3 is 1. The molecule has 2 nitrogen and oxygen atoms in total. The molecule has 2 rings (SSSR count). The van der Waals surface area contributed by atoms with E-state index in [1.54, 1.807) is 13.2 Å². The smallest absolute Gasteiger partial charge is 0.128 e. The highest BCUT2D eigenvalue weighted by Crippen LogP contribution is 2.27. The number of benzene rings is 2. The molecule has 0 spiro atoms. The number of hydrogen-bond donors (Lipinski definition) is 1. The highest BCUT2D eigenvalue weighted by molar-refractivity contribution is 9.10. The summed E-state index contributed by atoms with van der Waals surface area (Å²) in [6.07, 6.45) is 0.881. The standard InChI is InChI=1S/C17H19BrFNO/c1-20-17(15-11-14(18)7-8-16(15)19)13-5-3-12(4-6-13)9-10-21-2/h3-8,11,17,20H,9-10H2,1-2H3. The van der Waals surface area contributed by atoms with Crippen LogP contribution in [0.25, 0.3) is 0 Å². The lowest BCUT2D eigenvalue weighted by Crippen LogP contribution is -2.19. The largest absolute Gasteiger partial charge is 0.384 e. The van der Waals surface area contributed by atoms with Crippen molar-refractivity contribution in [2.45, 2.75) is 12.5 Å². The van der Waals surface area contributed by atoms with E-state index in [1.807, 2.05) is 25.2 Å². The molecular formula is C17H19BrFNO. The van der Waals surface area contributed by atoms with Gasteiger partial charge in [0.15, 0.2) is 0 Å². The van der Waals surface area contributed by atoms with E-state index < -0.39 is 0 Å². The SMILES string of the molecule is CNC(c1ccc(CCOC)cc1)c1cc(Br)ccc1F. The molecule has 0 aliphatic rings. The molecule has 0 saturated carbocycles. The average molecular weight is 352 g/mol. The summed E-state index contributed by atoms with van der Waals surface area (Å²) in [5.74, 6) is -0.207. The van der Waals surface area contributed by atoms with E-state index in [0.717, 1.165) is 16.5 Å². The molecular weight excluding hydrogens is 333 g/mol. The first kappa shape index (κ1) is 16.1. The molecule has 0 radical (unpaired) electrons. The zero-order chi connectivity index (χ0) is 15.2.